The van der Waals surface area contributed by atoms with Crippen LogP contribution in [0.15, 0.2) is 30.5 Å². The summed E-state index contributed by atoms with van der Waals surface area (Å²) in [6.07, 6.45) is -8.91. The molecule has 0 spiro atoms. The number of piperidine rings is 1. The lowest BCUT2D eigenvalue weighted by atomic mass is 10.1. The molecular formula is C22H24F6N4O4. The van der Waals surface area contributed by atoms with Crippen LogP contribution >= 0.6 is 0 Å². The van der Waals surface area contributed by atoms with Crippen LogP contribution in [-0.4, -0.2) is 57.8 Å². The number of benzene rings is 1. The summed E-state index contributed by atoms with van der Waals surface area (Å²) in [4.78, 5) is 26.5. The summed E-state index contributed by atoms with van der Waals surface area (Å²) < 4.78 is 88.2. The number of ether oxygens (including phenoxy) is 2. The van der Waals surface area contributed by atoms with Crippen molar-refractivity contribution in [2.24, 2.45) is 0 Å². The minimum atomic E-state index is -5.01. The van der Waals surface area contributed by atoms with E-state index in [2.05, 4.69) is 15.2 Å². The van der Waals surface area contributed by atoms with Crippen molar-refractivity contribution in [3.8, 4) is 11.4 Å². The summed E-state index contributed by atoms with van der Waals surface area (Å²) in [7, 11) is 0. The van der Waals surface area contributed by atoms with E-state index in [4.69, 9.17) is 4.74 Å². The maximum absolute atomic E-state index is 13.9. The Morgan fingerprint density at radius 2 is 1.69 bits per heavy atom. The molecule has 1 saturated heterocycles. The summed E-state index contributed by atoms with van der Waals surface area (Å²) in [5, 5.41) is 6.15. The second kappa shape index (κ2) is 9.90. The van der Waals surface area contributed by atoms with Gasteiger partial charge < -0.3 is 19.7 Å². The summed E-state index contributed by atoms with van der Waals surface area (Å²) in [5.41, 5.74) is -3.14. The standard InChI is InChI=1S/C22H24F6N4O4/c1-20(2,3)36-19(34)31-10-4-5-13(12-31)30-18(33)16-11-29-32(17(16)21(23,24)25)14-6-8-15(9-7-14)35-22(26,27)28/h6-9,11,13H,4-5,10,12H2,1-3H3,(H,30,33). The molecule has 0 bridgehead atoms. The van der Waals surface area contributed by atoms with Crippen molar-refractivity contribution in [2.45, 2.75) is 57.8 Å². The Kier molecular flexibility index (Phi) is 7.46. The number of hydrogen-bond donors (Lipinski definition) is 1. The molecular weight excluding hydrogens is 498 g/mol. The van der Waals surface area contributed by atoms with Crippen molar-refractivity contribution in [3.05, 3.63) is 41.7 Å². The SMILES string of the molecule is CC(C)(C)OC(=O)N1CCCC(NC(=O)c2cnn(-c3ccc(OC(F)(F)F)cc3)c2C(F)(F)F)C1. The Morgan fingerprint density at radius 3 is 2.25 bits per heavy atom. The normalized spacial score (nSPS) is 17.0. The Labute approximate surface area is 202 Å². The van der Waals surface area contributed by atoms with E-state index in [0.717, 1.165) is 30.5 Å². The van der Waals surface area contributed by atoms with Crippen molar-refractivity contribution in [1.82, 2.24) is 20.0 Å². The molecule has 198 valence electrons. The fraction of sp³-hybridized carbons (Fsp3) is 0.500. The van der Waals surface area contributed by atoms with Crippen molar-refractivity contribution >= 4 is 12.0 Å². The van der Waals surface area contributed by atoms with E-state index < -0.39 is 53.2 Å². The summed E-state index contributed by atoms with van der Waals surface area (Å²) in [5.74, 6) is -1.68. The van der Waals surface area contributed by atoms with E-state index >= 15 is 0 Å². The zero-order valence-corrected chi connectivity index (χ0v) is 19.5. The number of alkyl halides is 6. The predicted octanol–water partition coefficient (Wildman–Crippen LogP) is 4.92. The third-order valence-corrected chi connectivity index (χ3v) is 5.01. The van der Waals surface area contributed by atoms with E-state index in [9.17, 15) is 35.9 Å². The largest absolute Gasteiger partial charge is 0.573 e. The highest BCUT2D eigenvalue weighted by atomic mass is 19.4. The fourth-order valence-electron chi connectivity index (χ4n) is 3.62. The first kappa shape index (κ1) is 27.1. The van der Waals surface area contributed by atoms with Gasteiger partial charge in [-0.15, -0.1) is 13.2 Å². The number of aromatic nitrogens is 2. The van der Waals surface area contributed by atoms with Crippen molar-refractivity contribution in [3.63, 3.8) is 0 Å². The van der Waals surface area contributed by atoms with Crippen LogP contribution in [0.1, 0.15) is 49.7 Å². The predicted molar refractivity (Wildman–Crippen MR) is 114 cm³/mol. The fourth-order valence-corrected chi connectivity index (χ4v) is 3.62. The van der Waals surface area contributed by atoms with Gasteiger partial charge in [-0.25, -0.2) is 9.48 Å². The Morgan fingerprint density at radius 1 is 1.06 bits per heavy atom. The van der Waals surface area contributed by atoms with Gasteiger partial charge in [-0.3, -0.25) is 4.79 Å². The quantitative estimate of drug-likeness (QED) is 0.577. The highest BCUT2D eigenvalue weighted by molar-refractivity contribution is 5.95. The molecule has 1 fully saturated rings. The second-order valence-corrected chi connectivity index (χ2v) is 9.10. The third kappa shape index (κ3) is 7.04. The molecule has 1 atom stereocenters. The zero-order valence-electron chi connectivity index (χ0n) is 19.5. The molecule has 2 heterocycles. The smallest absolute Gasteiger partial charge is 0.444 e. The number of nitrogens with one attached hydrogen (secondary N) is 1. The van der Waals surface area contributed by atoms with E-state index in [-0.39, 0.29) is 12.2 Å². The van der Waals surface area contributed by atoms with Crippen molar-refractivity contribution in [1.29, 1.82) is 0 Å². The first-order valence-electron chi connectivity index (χ1n) is 10.8. The summed E-state index contributed by atoms with van der Waals surface area (Å²) >= 11 is 0. The van der Waals surface area contributed by atoms with Gasteiger partial charge >= 0.3 is 18.6 Å². The minimum absolute atomic E-state index is 0.0524. The molecule has 36 heavy (non-hydrogen) atoms. The Bertz CT molecular complexity index is 1090. The summed E-state index contributed by atoms with van der Waals surface area (Å²) in [6, 6.07) is 2.94. The number of likely N-dealkylation sites (tertiary alicyclic amines) is 1. The lowest BCUT2D eigenvalue weighted by Gasteiger charge is -2.34. The molecule has 1 aliphatic heterocycles. The molecule has 0 radical (unpaired) electrons. The Hall–Kier alpha value is -3.45. The third-order valence-electron chi connectivity index (χ3n) is 5.01. The average Bonchev–Trinajstić information content (AvgIpc) is 3.18. The highest BCUT2D eigenvalue weighted by Gasteiger charge is 2.41. The van der Waals surface area contributed by atoms with Gasteiger partial charge in [0, 0.05) is 19.1 Å². The van der Waals surface area contributed by atoms with Crippen molar-refractivity contribution in [2.75, 3.05) is 13.1 Å². The number of hydrogen-bond acceptors (Lipinski definition) is 5. The molecule has 2 amide bonds. The molecule has 1 unspecified atom stereocenters. The molecule has 0 saturated carbocycles. The maximum Gasteiger partial charge on any atom is 0.573 e. The molecule has 1 aliphatic rings. The van der Waals surface area contributed by atoms with Crippen LogP contribution in [0.5, 0.6) is 5.75 Å². The number of carbonyl (C=O) groups excluding carboxylic acids is 2. The van der Waals surface area contributed by atoms with Crippen LogP contribution < -0.4 is 10.1 Å². The number of rotatable bonds is 4. The molecule has 1 aromatic carbocycles. The minimum Gasteiger partial charge on any atom is -0.444 e. The highest BCUT2D eigenvalue weighted by Crippen LogP contribution is 2.34. The number of carbonyl (C=O) groups is 2. The van der Waals surface area contributed by atoms with Crippen LogP contribution in [0, 0.1) is 0 Å². The molecule has 3 rings (SSSR count). The Balaban J connectivity index is 1.79. The van der Waals surface area contributed by atoms with Gasteiger partial charge in [-0.1, -0.05) is 0 Å². The van der Waals surface area contributed by atoms with E-state index in [1.54, 1.807) is 20.8 Å². The topological polar surface area (TPSA) is 85.7 Å². The van der Waals surface area contributed by atoms with E-state index in [1.165, 1.54) is 4.90 Å². The van der Waals surface area contributed by atoms with Crippen LogP contribution in [0.4, 0.5) is 31.1 Å². The van der Waals surface area contributed by atoms with Gasteiger partial charge in [-0.05, 0) is 57.9 Å². The summed E-state index contributed by atoms with van der Waals surface area (Å²) in [6.45, 7) is 5.52. The van der Waals surface area contributed by atoms with Crippen LogP contribution in [0.2, 0.25) is 0 Å². The average molecular weight is 522 g/mol. The van der Waals surface area contributed by atoms with Gasteiger partial charge in [0.05, 0.1) is 17.4 Å². The monoisotopic (exact) mass is 522 g/mol. The van der Waals surface area contributed by atoms with Crippen LogP contribution in [0.25, 0.3) is 5.69 Å². The van der Waals surface area contributed by atoms with Gasteiger partial charge in [0.25, 0.3) is 5.91 Å². The number of amides is 2. The molecule has 2 aromatic rings. The van der Waals surface area contributed by atoms with Crippen LogP contribution in [0.3, 0.4) is 0 Å². The van der Waals surface area contributed by atoms with Gasteiger partial charge in [0.2, 0.25) is 0 Å². The first-order valence-corrected chi connectivity index (χ1v) is 10.8. The number of nitrogens with zero attached hydrogens (tertiary/aromatic N) is 3. The second-order valence-electron chi connectivity index (χ2n) is 9.10. The molecule has 8 nitrogen and oxygen atoms in total. The molecule has 1 N–H and O–H groups in total. The lowest BCUT2D eigenvalue weighted by molar-refractivity contribution is -0.274. The number of halogens is 6. The molecule has 1 aromatic heterocycles. The van der Waals surface area contributed by atoms with Gasteiger partial charge in [0.15, 0.2) is 5.69 Å². The molecule has 0 aliphatic carbocycles. The van der Waals surface area contributed by atoms with E-state index in [1.807, 2.05) is 0 Å². The van der Waals surface area contributed by atoms with Gasteiger partial charge in [-0.2, -0.15) is 18.3 Å². The zero-order chi connectivity index (χ0) is 26.9. The van der Waals surface area contributed by atoms with Crippen molar-refractivity contribution < 1.29 is 45.4 Å². The lowest BCUT2D eigenvalue weighted by Crippen LogP contribution is -2.50. The first-order chi connectivity index (χ1) is 16.5. The maximum atomic E-state index is 13.9. The van der Waals surface area contributed by atoms with Gasteiger partial charge in [0.1, 0.15) is 11.4 Å². The molecule has 14 heteroatoms. The van der Waals surface area contributed by atoms with E-state index in [0.29, 0.717) is 24.1 Å². The van der Waals surface area contributed by atoms with Crippen LogP contribution in [-0.2, 0) is 10.9 Å².